The summed E-state index contributed by atoms with van der Waals surface area (Å²) < 4.78 is 0. The quantitative estimate of drug-likeness (QED) is 0.629. The molecule has 1 saturated heterocycles. The average molecular weight is 292 g/mol. The second kappa shape index (κ2) is 6.67. The van der Waals surface area contributed by atoms with Crippen LogP contribution in [0.3, 0.4) is 0 Å². The second-order valence-electron chi connectivity index (χ2n) is 5.56. The fourth-order valence-corrected chi connectivity index (χ4v) is 2.35. The molecule has 1 aliphatic rings. The normalized spacial score (nSPS) is 16.0. The van der Waals surface area contributed by atoms with Gasteiger partial charge in [-0.1, -0.05) is 26.3 Å². The van der Waals surface area contributed by atoms with Crippen molar-refractivity contribution in [2.45, 2.75) is 39.0 Å². The summed E-state index contributed by atoms with van der Waals surface area (Å²) in [5.41, 5.74) is 0.648. The van der Waals surface area contributed by atoms with Crippen LogP contribution in [-0.4, -0.2) is 29.0 Å². The first-order chi connectivity index (χ1) is 9.99. The second-order valence-corrected chi connectivity index (χ2v) is 5.56. The van der Waals surface area contributed by atoms with Gasteiger partial charge in [-0.3, -0.25) is 10.1 Å². The lowest BCUT2D eigenvalue weighted by Crippen LogP contribution is -2.32. The van der Waals surface area contributed by atoms with E-state index in [-0.39, 0.29) is 17.2 Å². The standard InChI is InChI=1S/C15H20N2O4/c1-11(2)12-6-7-13(14(10-12)17(19)20)15(18)21-16-8-4-3-5-9-16/h6-7,10-11H,3-5,8-9H2,1-2H3. The zero-order valence-corrected chi connectivity index (χ0v) is 12.4. The lowest BCUT2D eigenvalue weighted by atomic mass is 10.0. The Morgan fingerprint density at radius 2 is 1.95 bits per heavy atom. The Hall–Kier alpha value is -1.95. The number of nitrogens with zero attached hydrogens (tertiary/aromatic N) is 2. The van der Waals surface area contributed by atoms with Crippen LogP contribution in [0.5, 0.6) is 0 Å². The number of piperidine rings is 1. The van der Waals surface area contributed by atoms with Gasteiger partial charge in [0.05, 0.1) is 4.92 Å². The molecule has 1 heterocycles. The predicted octanol–water partition coefficient (Wildman–Crippen LogP) is 3.28. The summed E-state index contributed by atoms with van der Waals surface area (Å²) in [4.78, 5) is 28.1. The van der Waals surface area contributed by atoms with Crippen molar-refractivity contribution in [2.75, 3.05) is 13.1 Å². The zero-order valence-electron chi connectivity index (χ0n) is 12.4. The van der Waals surface area contributed by atoms with Gasteiger partial charge in [0, 0.05) is 19.2 Å². The van der Waals surface area contributed by atoms with E-state index in [0.29, 0.717) is 13.1 Å². The molecule has 0 atom stereocenters. The topological polar surface area (TPSA) is 72.7 Å². The first-order valence-electron chi connectivity index (χ1n) is 7.24. The van der Waals surface area contributed by atoms with Crippen molar-refractivity contribution in [1.82, 2.24) is 5.06 Å². The highest BCUT2D eigenvalue weighted by Gasteiger charge is 2.25. The Morgan fingerprint density at radius 3 is 2.52 bits per heavy atom. The molecule has 6 heteroatoms. The van der Waals surface area contributed by atoms with E-state index in [1.165, 1.54) is 12.1 Å². The van der Waals surface area contributed by atoms with Gasteiger partial charge in [0.2, 0.25) is 0 Å². The van der Waals surface area contributed by atoms with Crippen molar-refractivity contribution in [1.29, 1.82) is 0 Å². The Balaban J connectivity index is 2.21. The van der Waals surface area contributed by atoms with Crippen molar-refractivity contribution in [3.05, 3.63) is 39.4 Å². The van der Waals surface area contributed by atoms with E-state index in [4.69, 9.17) is 4.84 Å². The first-order valence-corrected chi connectivity index (χ1v) is 7.24. The summed E-state index contributed by atoms with van der Waals surface area (Å²) in [6.45, 7) is 5.27. The molecule has 0 amide bonds. The number of carbonyl (C=O) groups excluding carboxylic acids is 1. The molecular formula is C15H20N2O4. The highest BCUT2D eigenvalue weighted by Crippen LogP contribution is 2.26. The van der Waals surface area contributed by atoms with Gasteiger partial charge < -0.3 is 4.84 Å². The highest BCUT2D eigenvalue weighted by molar-refractivity contribution is 5.93. The number of rotatable bonds is 4. The fraction of sp³-hybridized carbons (Fsp3) is 0.533. The van der Waals surface area contributed by atoms with Gasteiger partial charge in [-0.2, -0.15) is 0 Å². The fourth-order valence-electron chi connectivity index (χ4n) is 2.35. The van der Waals surface area contributed by atoms with Crippen molar-refractivity contribution < 1.29 is 14.6 Å². The van der Waals surface area contributed by atoms with Crippen LogP contribution in [0.2, 0.25) is 0 Å². The highest BCUT2D eigenvalue weighted by atomic mass is 16.7. The van der Waals surface area contributed by atoms with Crippen LogP contribution in [0.4, 0.5) is 5.69 Å². The number of nitro benzene ring substituents is 1. The molecule has 0 N–H and O–H groups in total. The third-order valence-electron chi connectivity index (χ3n) is 3.63. The number of hydrogen-bond donors (Lipinski definition) is 0. The molecule has 114 valence electrons. The van der Waals surface area contributed by atoms with E-state index in [1.807, 2.05) is 13.8 Å². The van der Waals surface area contributed by atoms with Crippen molar-refractivity contribution in [3.8, 4) is 0 Å². The lowest BCUT2D eigenvalue weighted by Gasteiger charge is -2.24. The molecule has 0 spiro atoms. The number of benzene rings is 1. The molecule has 0 unspecified atom stereocenters. The molecule has 2 rings (SSSR count). The van der Waals surface area contributed by atoms with Gasteiger partial charge >= 0.3 is 5.97 Å². The van der Waals surface area contributed by atoms with E-state index in [2.05, 4.69) is 0 Å². The van der Waals surface area contributed by atoms with E-state index in [1.54, 1.807) is 11.1 Å². The predicted molar refractivity (Wildman–Crippen MR) is 78.0 cm³/mol. The summed E-state index contributed by atoms with van der Waals surface area (Å²) in [6.07, 6.45) is 3.07. The molecule has 0 saturated carbocycles. The third kappa shape index (κ3) is 3.78. The van der Waals surface area contributed by atoms with Crippen molar-refractivity contribution in [2.24, 2.45) is 0 Å². The maximum Gasteiger partial charge on any atom is 0.364 e. The minimum absolute atomic E-state index is 0.00923. The maximum atomic E-state index is 12.2. The van der Waals surface area contributed by atoms with E-state index >= 15 is 0 Å². The van der Waals surface area contributed by atoms with E-state index < -0.39 is 10.9 Å². The van der Waals surface area contributed by atoms with Crippen LogP contribution in [0.25, 0.3) is 0 Å². The van der Waals surface area contributed by atoms with Gasteiger partial charge in [0.15, 0.2) is 0 Å². The molecule has 1 aromatic carbocycles. The van der Waals surface area contributed by atoms with Crippen LogP contribution in [-0.2, 0) is 4.84 Å². The van der Waals surface area contributed by atoms with Crippen molar-refractivity contribution >= 4 is 11.7 Å². The molecule has 1 aliphatic heterocycles. The SMILES string of the molecule is CC(C)c1ccc(C(=O)ON2CCCCC2)c([N+](=O)[O-])c1. The molecule has 0 aliphatic carbocycles. The number of nitro groups is 1. The summed E-state index contributed by atoms with van der Waals surface area (Å²) in [7, 11) is 0. The Labute approximate surface area is 123 Å². The molecule has 1 aromatic rings. The largest absolute Gasteiger partial charge is 0.364 e. The summed E-state index contributed by atoms with van der Waals surface area (Å²) >= 11 is 0. The number of hydroxylamine groups is 2. The first kappa shape index (κ1) is 15.4. The number of carbonyl (C=O) groups is 1. The Morgan fingerprint density at radius 1 is 1.29 bits per heavy atom. The monoisotopic (exact) mass is 292 g/mol. The molecule has 21 heavy (non-hydrogen) atoms. The molecule has 0 bridgehead atoms. The minimum atomic E-state index is -0.654. The van der Waals surface area contributed by atoms with Gasteiger partial charge in [-0.25, -0.2) is 4.79 Å². The summed E-state index contributed by atoms with van der Waals surface area (Å²) in [5.74, 6) is -0.491. The summed E-state index contributed by atoms with van der Waals surface area (Å²) in [5, 5.41) is 12.8. The van der Waals surface area contributed by atoms with E-state index in [0.717, 1.165) is 24.8 Å². The molecule has 1 fully saturated rings. The lowest BCUT2D eigenvalue weighted by molar-refractivity contribution is -0.385. The van der Waals surface area contributed by atoms with Gasteiger partial charge in [0.1, 0.15) is 5.56 Å². The summed E-state index contributed by atoms with van der Waals surface area (Å²) in [6, 6.07) is 4.68. The van der Waals surface area contributed by atoms with Crippen LogP contribution in [0.1, 0.15) is 54.9 Å². The van der Waals surface area contributed by atoms with Crippen LogP contribution < -0.4 is 0 Å². The smallest absolute Gasteiger partial charge is 0.364 e. The van der Waals surface area contributed by atoms with Gasteiger partial charge in [0.25, 0.3) is 5.69 Å². The molecule has 0 aromatic heterocycles. The molecule has 0 radical (unpaired) electrons. The van der Waals surface area contributed by atoms with Crippen LogP contribution in [0.15, 0.2) is 18.2 Å². The number of hydrogen-bond acceptors (Lipinski definition) is 5. The van der Waals surface area contributed by atoms with Gasteiger partial charge in [-0.15, -0.1) is 5.06 Å². The Bertz CT molecular complexity index is 536. The van der Waals surface area contributed by atoms with Crippen LogP contribution >= 0.6 is 0 Å². The average Bonchev–Trinajstić information content (AvgIpc) is 2.47. The molecule has 6 nitrogen and oxygen atoms in total. The maximum absolute atomic E-state index is 12.2. The van der Waals surface area contributed by atoms with E-state index in [9.17, 15) is 14.9 Å². The van der Waals surface area contributed by atoms with Crippen LogP contribution in [0, 0.1) is 10.1 Å². The Kier molecular flexibility index (Phi) is 4.90. The van der Waals surface area contributed by atoms with Gasteiger partial charge in [-0.05, 0) is 30.4 Å². The third-order valence-corrected chi connectivity index (χ3v) is 3.63. The van der Waals surface area contributed by atoms with Crippen molar-refractivity contribution in [3.63, 3.8) is 0 Å². The zero-order chi connectivity index (χ0) is 15.4. The minimum Gasteiger partial charge on any atom is -0.364 e. The molecular weight excluding hydrogens is 272 g/mol.